The Labute approximate surface area is 255 Å². The van der Waals surface area contributed by atoms with Gasteiger partial charge in [-0.3, -0.25) is 0 Å². The van der Waals surface area contributed by atoms with E-state index < -0.39 is 0 Å². The fourth-order valence-electron chi connectivity index (χ4n) is 7.03. The Kier molecular flexibility index (Phi) is 5.69. The van der Waals surface area contributed by atoms with Crippen molar-refractivity contribution >= 4 is 39.0 Å². The first-order valence-corrected chi connectivity index (χ1v) is 15.3. The van der Waals surface area contributed by atoms with Gasteiger partial charge in [-0.2, -0.15) is 9.97 Å². The standard InChI is InChI=1S/C39H29N5/c1-4-14-26(15-5-1)37-40-38(27-16-6-2-7-17-27)42-39(41-37)44-34-23-13-11-21-30(34)32-25-24-31-29-20-10-12-22-33(29)43(35(31)36(32)44)28-18-8-3-9-19-28/h1,3-6,8-25,30,34H,2,7H2. The zero-order chi connectivity index (χ0) is 29.0. The van der Waals surface area contributed by atoms with Crippen LogP contribution in [0.2, 0.25) is 0 Å². The van der Waals surface area contributed by atoms with Crippen LogP contribution >= 0.6 is 0 Å². The van der Waals surface area contributed by atoms with Gasteiger partial charge in [0.25, 0.3) is 0 Å². The zero-order valence-corrected chi connectivity index (χ0v) is 24.1. The summed E-state index contributed by atoms with van der Waals surface area (Å²) in [5.41, 5.74) is 7.94. The molecule has 4 aromatic carbocycles. The summed E-state index contributed by atoms with van der Waals surface area (Å²) in [4.78, 5) is 17.8. The minimum atomic E-state index is 0.0394. The molecule has 2 aliphatic carbocycles. The van der Waals surface area contributed by atoms with Crippen LogP contribution in [0.1, 0.15) is 30.1 Å². The molecule has 9 rings (SSSR count). The van der Waals surface area contributed by atoms with Crippen molar-refractivity contribution in [2.45, 2.75) is 24.8 Å². The average molecular weight is 568 g/mol. The Hall–Kier alpha value is -5.55. The number of nitrogens with zero attached hydrogens (tertiary/aromatic N) is 5. The molecule has 0 saturated carbocycles. The summed E-state index contributed by atoms with van der Waals surface area (Å²) in [7, 11) is 0. The second-order valence-corrected chi connectivity index (χ2v) is 11.5. The highest BCUT2D eigenvalue weighted by Crippen LogP contribution is 2.52. The lowest BCUT2D eigenvalue weighted by Gasteiger charge is -2.28. The van der Waals surface area contributed by atoms with Crippen molar-refractivity contribution in [3.63, 3.8) is 0 Å². The predicted octanol–water partition coefficient (Wildman–Crippen LogP) is 9.10. The number of hydrogen-bond donors (Lipinski definition) is 0. The van der Waals surface area contributed by atoms with Gasteiger partial charge < -0.3 is 9.47 Å². The summed E-state index contributed by atoms with van der Waals surface area (Å²) >= 11 is 0. The maximum absolute atomic E-state index is 5.23. The molecule has 210 valence electrons. The van der Waals surface area contributed by atoms with Crippen LogP contribution in [-0.2, 0) is 0 Å². The van der Waals surface area contributed by atoms with E-state index in [9.17, 15) is 0 Å². The van der Waals surface area contributed by atoms with Crippen LogP contribution in [0.15, 0.2) is 140 Å². The maximum atomic E-state index is 5.23. The second kappa shape index (κ2) is 10.0. The lowest BCUT2D eigenvalue weighted by molar-refractivity contribution is 0.727. The van der Waals surface area contributed by atoms with Crippen LogP contribution in [0, 0.1) is 0 Å². The highest BCUT2D eigenvalue weighted by atomic mass is 15.3. The second-order valence-electron chi connectivity index (χ2n) is 11.5. The van der Waals surface area contributed by atoms with E-state index >= 15 is 0 Å². The van der Waals surface area contributed by atoms with Crippen LogP contribution in [0.4, 0.5) is 11.6 Å². The van der Waals surface area contributed by atoms with E-state index in [-0.39, 0.29) is 12.0 Å². The number of allylic oxidation sites excluding steroid dienone is 6. The number of benzene rings is 4. The number of para-hydroxylation sites is 2. The molecule has 5 heteroatoms. The molecule has 0 N–H and O–H groups in total. The maximum Gasteiger partial charge on any atom is 0.234 e. The van der Waals surface area contributed by atoms with E-state index in [1.165, 1.54) is 27.4 Å². The van der Waals surface area contributed by atoms with Gasteiger partial charge in [0.05, 0.1) is 22.8 Å². The Morgan fingerprint density at radius 1 is 0.659 bits per heavy atom. The van der Waals surface area contributed by atoms with Crippen molar-refractivity contribution in [2.75, 3.05) is 4.90 Å². The van der Waals surface area contributed by atoms with Gasteiger partial charge in [0.15, 0.2) is 11.6 Å². The highest BCUT2D eigenvalue weighted by Gasteiger charge is 2.41. The van der Waals surface area contributed by atoms with E-state index in [1.807, 2.05) is 18.2 Å². The van der Waals surface area contributed by atoms with Crippen LogP contribution in [0.3, 0.4) is 0 Å². The normalized spacial score (nSPS) is 18.5. The van der Waals surface area contributed by atoms with Gasteiger partial charge in [0, 0.05) is 33.5 Å². The molecule has 6 aromatic rings. The summed E-state index contributed by atoms with van der Waals surface area (Å²) in [6.07, 6.45) is 17.5. The SMILES string of the molecule is C1=CC2c3ccc4c5ccccc5n(-c5ccccc5)c4c3N(c3nc(C4=CCCC=C4)nc(-c4ccccc4)n3)C2C=C1. The molecule has 5 nitrogen and oxygen atoms in total. The van der Waals surface area contributed by atoms with Gasteiger partial charge in [0.1, 0.15) is 0 Å². The number of aromatic nitrogens is 4. The first-order chi connectivity index (χ1) is 21.8. The summed E-state index contributed by atoms with van der Waals surface area (Å²) in [6.45, 7) is 0. The summed E-state index contributed by atoms with van der Waals surface area (Å²) in [5, 5.41) is 2.45. The third kappa shape index (κ3) is 3.82. The molecule has 0 radical (unpaired) electrons. The molecule has 0 saturated heterocycles. The molecule has 0 bridgehead atoms. The van der Waals surface area contributed by atoms with E-state index in [0.29, 0.717) is 17.6 Å². The molecule has 0 fully saturated rings. The lowest BCUT2D eigenvalue weighted by Crippen LogP contribution is -2.30. The predicted molar refractivity (Wildman–Crippen MR) is 179 cm³/mol. The van der Waals surface area contributed by atoms with Gasteiger partial charge in [0.2, 0.25) is 5.95 Å². The molecule has 3 aliphatic rings. The first-order valence-electron chi connectivity index (χ1n) is 15.3. The molecule has 2 atom stereocenters. The molecule has 2 unspecified atom stereocenters. The van der Waals surface area contributed by atoms with E-state index in [1.54, 1.807) is 0 Å². The molecule has 44 heavy (non-hydrogen) atoms. The molecule has 1 aliphatic heterocycles. The largest absolute Gasteiger partial charge is 0.307 e. The van der Waals surface area contributed by atoms with Crippen LogP contribution < -0.4 is 4.90 Å². The fourth-order valence-corrected chi connectivity index (χ4v) is 7.03. The van der Waals surface area contributed by atoms with Crippen LogP contribution in [-0.4, -0.2) is 25.6 Å². The quantitative estimate of drug-likeness (QED) is 0.213. The van der Waals surface area contributed by atoms with E-state index in [4.69, 9.17) is 15.0 Å². The topological polar surface area (TPSA) is 46.8 Å². The van der Waals surface area contributed by atoms with Crippen LogP contribution in [0.25, 0.3) is 44.5 Å². The van der Waals surface area contributed by atoms with E-state index in [2.05, 4.69) is 131 Å². The monoisotopic (exact) mass is 567 g/mol. The smallest absolute Gasteiger partial charge is 0.234 e. The van der Waals surface area contributed by atoms with Gasteiger partial charge in [-0.15, -0.1) is 0 Å². The van der Waals surface area contributed by atoms with Crippen molar-refractivity contribution in [3.05, 3.63) is 151 Å². The first kappa shape index (κ1) is 25.0. The average Bonchev–Trinajstić information content (AvgIpc) is 3.62. The summed E-state index contributed by atoms with van der Waals surface area (Å²) < 4.78 is 2.41. The van der Waals surface area contributed by atoms with Crippen molar-refractivity contribution < 1.29 is 0 Å². The number of fused-ring (bicyclic) bond motifs is 7. The minimum Gasteiger partial charge on any atom is -0.307 e. The lowest BCUT2D eigenvalue weighted by atomic mass is 9.91. The Balaban J connectivity index is 1.37. The number of anilines is 2. The molecular weight excluding hydrogens is 538 g/mol. The summed E-state index contributed by atoms with van der Waals surface area (Å²) in [5.74, 6) is 2.23. The Morgan fingerprint density at radius 3 is 2.27 bits per heavy atom. The van der Waals surface area contributed by atoms with Crippen molar-refractivity contribution in [2.24, 2.45) is 0 Å². The van der Waals surface area contributed by atoms with Gasteiger partial charge in [-0.1, -0.05) is 121 Å². The minimum absolute atomic E-state index is 0.0394. The molecule has 0 amide bonds. The molecule has 2 aromatic heterocycles. The molecular formula is C39H29N5. The van der Waals surface area contributed by atoms with Gasteiger partial charge in [-0.05, 0) is 36.6 Å². The van der Waals surface area contributed by atoms with Crippen molar-refractivity contribution in [3.8, 4) is 17.1 Å². The van der Waals surface area contributed by atoms with Crippen molar-refractivity contribution in [1.29, 1.82) is 0 Å². The van der Waals surface area contributed by atoms with E-state index in [0.717, 1.165) is 35.4 Å². The number of hydrogen-bond acceptors (Lipinski definition) is 4. The Morgan fingerprint density at radius 2 is 1.43 bits per heavy atom. The third-order valence-corrected chi connectivity index (χ3v) is 8.98. The number of rotatable bonds is 4. The third-order valence-electron chi connectivity index (χ3n) is 8.98. The summed E-state index contributed by atoms with van der Waals surface area (Å²) in [6, 6.07) is 34.3. The Bertz CT molecular complexity index is 2190. The fraction of sp³-hybridized carbons (Fsp3) is 0.103. The molecule has 3 heterocycles. The van der Waals surface area contributed by atoms with Crippen molar-refractivity contribution in [1.82, 2.24) is 19.5 Å². The van der Waals surface area contributed by atoms with Gasteiger partial charge >= 0.3 is 0 Å². The molecule has 0 spiro atoms. The van der Waals surface area contributed by atoms with Crippen LogP contribution in [0.5, 0.6) is 0 Å². The van der Waals surface area contributed by atoms with Gasteiger partial charge in [-0.25, -0.2) is 4.98 Å². The highest BCUT2D eigenvalue weighted by molar-refractivity contribution is 6.15. The zero-order valence-electron chi connectivity index (χ0n) is 24.1.